The SMILES string of the molecule is CC[C@H](C(=O)N1CCOCC1)N(c1cc(C#CC(C)(C)C)sc1C(=O)O)C(=O)[C@H]1CC[C@H](C)CC1. The highest BCUT2D eigenvalue weighted by molar-refractivity contribution is 7.15. The lowest BCUT2D eigenvalue weighted by Gasteiger charge is -2.38. The van der Waals surface area contributed by atoms with Crippen molar-refractivity contribution in [3.05, 3.63) is 15.8 Å². The van der Waals surface area contributed by atoms with Gasteiger partial charge in [0.15, 0.2) is 0 Å². The summed E-state index contributed by atoms with van der Waals surface area (Å²) in [5, 5.41) is 10.0. The fourth-order valence-corrected chi connectivity index (χ4v) is 5.47. The molecule has 1 saturated carbocycles. The summed E-state index contributed by atoms with van der Waals surface area (Å²) in [5.74, 6) is 5.16. The van der Waals surface area contributed by atoms with Crippen LogP contribution in [-0.4, -0.2) is 60.1 Å². The topological polar surface area (TPSA) is 87.2 Å². The molecule has 2 aliphatic rings. The van der Waals surface area contributed by atoms with Crippen LogP contribution >= 0.6 is 11.3 Å². The minimum absolute atomic E-state index is 0.0500. The number of rotatable bonds is 6. The quantitative estimate of drug-likeness (QED) is 0.573. The van der Waals surface area contributed by atoms with Crippen LogP contribution in [0.1, 0.15) is 81.3 Å². The van der Waals surface area contributed by atoms with Gasteiger partial charge >= 0.3 is 5.97 Å². The van der Waals surface area contributed by atoms with Crippen LogP contribution in [0.3, 0.4) is 0 Å². The van der Waals surface area contributed by atoms with E-state index in [0.29, 0.717) is 43.5 Å². The van der Waals surface area contributed by atoms with E-state index in [4.69, 9.17) is 4.74 Å². The van der Waals surface area contributed by atoms with Gasteiger partial charge in [0.05, 0.1) is 23.8 Å². The summed E-state index contributed by atoms with van der Waals surface area (Å²) in [7, 11) is 0. The van der Waals surface area contributed by atoms with E-state index in [1.54, 1.807) is 11.0 Å². The Morgan fingerprint density at radius 2 is 1.83 bits per heavy atom. The van der Waals surface area contributed by atoms with Crippen LogP contribution < -0.4 is 4.90 Å². The third-order valence-electron chi connectivity index (χ3n) is 6.64. The second kappa shape index (κ2) is 11.6. The van der Waals surface area contributed by atoms with Crippen molar-refractivity contribution >= 4 is 34.8 Å². The summed E-state index contributed by atoms with van der Waals surface area (Å²) in [5.41, 5.74) is 0.0397. The second-order valence-electron chi connectivity index (χ2n) is 10.7. The molecule has 8 heteroatoms. The number of hydrogen-bond donors (Lipinski definition) is 1. The molecule has 2 amide bonds. The van der Waals surface area contributed by atoms with Gasteiger partial charge in [-0.2, -0.15) is 0 Å². The van der Waals surface area contributed by atoms with E-state index in [-0.39, 0.29) is 33.7 Å². The van der Waals surface area contributed by atoms with E-state index in [1.807, 2.05) is 27.7 Å². The zero-order valence-electron chi connectivity index (χ0n) is 21.6. The summed E-state index contributed by atoms with van der Waals surface area (Å²) in [6.07, 6.45) is 3.80. The van der Waals surface area contributed by atoms with Crippen molar-refractivity contribution in [3.8, 4) is 11.8 Å². The normalized spacial score (nSPS) is 21.6. The number of anilines is 1. The highest BCUT2D eigenvalue weighted by Crippen LogP contribution is 2.37. The maximum absolute atomic E-state index is 14.0. The molecule has 0 spiro atoms. The van der Waals surface area contributed by atoms with Crippen LogP contribution in [0.2, 0.25) is 0 Å². The minimum atomic E-state index is -1.11. The zero-order chi connectivity index (χ0) is 25.8. The molecule has 0 unspecified atom stereocenters. The van der Waals surface area contributed by atoms with Gasteiger partial charge in [0, 0.05) is 24.4 Å². The van der Waals surface area contributed by atoms with E-state index < -0.39 is 12.0 Å². The Balaban J connectivity index is 2.07. The first-order valence-electron chi connectivity index (χ1n) is 12.6. The number of amides is 2. The monoisotopic (exact) mass is 502 g/mol. The molecule has 35 heavy (non-hydrogen) atoms. The number of carboxylic acids is 1. The molecule has 0 radical (unpaired) electrons. The average molecular weight is 503 g/mol. The lowest BCUT2D eigenvalue weighted by atomic mass is 9.82. The third-order valence-corrected chi connectivity index (χ3v) is 7.66. The lowest BCUT2D eigenvalue weighted by molar-refractivity contribution is -0.139. The fraction of sp³-hybridized carbons (Fsp3) is 0.667. The largest absolute Gasteiger partial charge is 0.477 e. The van der Waals surface area contributed by atoms with Crippen LogP contribution in [0.4, 0.5) is 5.69 Å². The molecule has 1 aromatic rings. The molecule has 1 aliphatic heterocycles. The number of carbonyl (C=O) groups is 3. The molecule has 3 rings (SSSR count). The van der Waals surface area contributed by atoms with Gasteiger partial charge in [0.25, 0.3) is 0 Å². The Bertz CT molecular complexity index is 985. The Morgan fingerprint density at radius 3 is 2.37 bits per heavy atom. The second-order valence-corrected chi connectivity index (χ2v) is 11.7. The maximum atomic E-state index is 14.0. The number of nitrogens with zero attached hydrogens (tertiary/aromatic N) is 2. The van der Waals surface area contributed by atoms with Crippen LogP contribution in [0.25, 0.3) is 0 Å². The highest BCUT2D eigenvalue weighted by atomic mass is 32.1. The molecule has 1 aromatic heterocycles. The fourth-order valence-electron chi connectivity index (χ4n) is 4.63. The Labute approximate surface area is 212 Å². The van der Waals surface area contributed by atoms with Gasteiger partial charge in [0.2, 0.25) is 11.8 Å². The highest BCUT2D eigenvalue weighted by Gasteiger charge is 2.39. The van der Waals surface area contributed by atoms with Gasteiger partial charge in [0.1, 0.15) is 10.9 Å². The lowest BCUT2D eigenvalue weighted by Crippen LogP contribution is -2.55. The van der Waals surface area contributed by atoms with Gasteiger partial charge in [-0.15, -0.1) is 11.3 Å². The molecule has 1 saturated heterocycles. The molecule has 2 fully saturated rings. The van der Waals surface area contributed by atoms with E-state index in [9.17, 15) is 19.5 Å². The van der Waals surface area contributed by atoms with Crippen LogP contribution in [0.5, 0.6) is 0 Å². The predicted molar refractivity (Wildman–Crippen MR) is 138 cm³/mol. The van der Waals surface area contributed by atoms with E-state index >= 15 is 0 Å². The first-order chi connectivity index (χ1) is 16.5. The molecule has 2 heterocycles. The van der Waals surface area contributed by atoms with Crippen molar-refractivity contribution in [2.45, 2.75) is 72.8 Å². The molecule has 1 atom stereocenters. The first kappa shape index (κ1) is 27.2. The van der Waals surface area contributed by atoms with Crippen molar-refractivity contribution in [1.29, 1.82) is 0 Å². The first-order valence-corrected chi connectivity index (χ1v) is 13.4. The molecular weight excluding hydrogens is 464 g/mol. The predicted octanol–water partition coefficient (Wildman–Crippen LogP) is 4.64. The molecule has 0 aromatic carbocycles. The molecular formula is C27H38N2O5S. The molecule has 7 nitrogen and oxygen atoms in total. The maximum Gasteiger partial charge on any atom is 0.348 e. The molecule has 1 N–H and O–H groups in total. The van der Waals surface area contributed by atoms with E-state index in [2.05, 4.69) is 18.8 Å². The number of ether oxygens (including phenoxy) is 1. The number of aromatic carboxylic acids is 1. The van der Waals surface area contributed by atoms with E-state index in [1.165, 1.54) is 4.90 Å². The van der Waals surface area contributed by atoms with Crippen LogP contribution in [-0.2, 0) is 14.3 Å². The molecule has 1 aliphatic carbocycles. The summed E-state index contributed by atoms with van der Waals surface area (Å²) in [4.78, 5) is 43.8. The van der Waals surface area contributed by atoms with Crippen molar-refractivity contribution in [2.24, 2.45) is 17.3 Å². The number of morpholine rings is 1. The van der Waals surface area contributed by atoms with Crippen molar-refractivity contribution in [1.82, 2.24) is 4.90 Å². The molecule has 192 valence electrons. The van der Waals surface area contributed by atoms with E-state index in [0.717, 1.165) is 37.0 Å². The Morgan fingerprint density at radius 1 is 1.20 bits per heavy atom. The van der Waals surface area contributed by atoms with Crippen LogP contribution in [0, 0.1) is 29.1 Å². The van der Waals surface area contributed by atoms with Crippen molar-refractivity contribution in [3.63, 3.8) is 0 Å². The smallest absolute Gasteiger partial charge is 0.348 e. The minimum Gasteiger partial charge on any atom is -0.477 e. The Kier molecular flexibility index (Phi) is 9.00. The van der Waals surface area contributed by atoms with Crippen molar-refractivity contribution < 1.29 is 24.2 Å². The third kappa shape index (κ3) is 6.86. The van der Waals surface area contributed by atoms with Gasteiger partial charge in [-0.1, -0.05) is 25.7 Å². The average Bonchev–Trinajstić information content (AvgIpc) is 3.25. The Hall–Kier alpha value is -2.37. The van der Waals surface area contributed by atoms with Crippen LogP contribution in [0.15, 0.2) is 6.07 Å². The summed E-state index contributed by atoms with van der Waals surface area (Å²) in [6, 6.07) is 0.918. The van der Waals surface area contributed by atoms with Crippen molar-refractivity contribution in [2.75, 3.05) is 31.2 Å². The summed E-state index contributed by atoms with van der Waals surface area (Å²) in [6.45, 7) is 11.9. The summed E-state index contributed by atoms with van der Waals surface area (Å²) >= 11 is 1.06. The van der Waals surface area contributed by atoms with Gasteiger partial charge in [-0.25, -0.2) is 4.79 Å². The number of hydrogen-bond acceptors (Lipinski definition) is 5. The van der Waals surface area contributed by atoms with Gasteiger partial charge < -0.3 is 14.7 Å². The standard InChI is InChI=1S/C27H38N2O5S/c1-6-21(25(31)28-13-15-34-16-14-28)29(24(30)19-9-7-18(2)8-10-19)22-17-20(11-12-27(3,4)5)35-23(22)26(32)33/h17-19,21H,6-10,13-16H2,1-5H3,(H,32,33)/t18-,19-,21-/m1/s1. The zero-order valence-corrected chi connectivity index (χ0v) is 22.4. The number of thiophene rings is 1. The number of carbonyl (C=O) groups excluding carboxylic acids is 2. The summed E-state index contributed by atoms with van der Waals surface area (Å²) < 4.78 is 5.40. The molecule has 0 bridgehead atoms. The van der Waals surface area contributed by atoms with Gasteiger partial charge in [-0.05, 0) is 64.9 Å². The number of carboxylic acid groups (broad SMARTS) is 1. The van der Waals surface area contributed by atoms with Gasteiger partial charge in [-0.3, -0.25) is 14.5 Å².